The number of nitriles is 1. The molecule has 0 radical (unpaired) electrons. The van der Waals surface area contributed by atoms with Gasteiger partial charge in [-0.15, -0.1) is 0 Å². The monoisotopic (exact) mass is 451 g/mol. The lowest BCUT2D eigenvalue weighted by Crippen LogP contribution is -2.34. The van der Waals surface area contributed by atoms with Crippen molar-refractivity contribution < 1.29 is 22.7 Å². The molecule has 9 nitrogen and oxygen atoms in total. The van der Waals surface area contributed by atoms with Crippen molar-refractivity contribution in [1.82, 2.24) is 20.2 Å². The highest BCUT2D eigenvalue weighted by Crippen LogP contribution is 2.28. The Balaban J connectivity index is 1.89. The van der Waals surface area contributed by atoms with Crippen LogP contribution in [0.5, 0.6) is 6.01 Å². The third-order valence-corrected chi connectivity index (χ3v) is 4.26. The molecule has 1 aromatic carbocycles. The summed E-state index contributed by atoms with van der Waals surface area (Å²) in [5.41, 5.74) is -0.420. The molecule has 3 aromatic rings. The maximum absolute atomic E-state index is 12.9. The van der Waals surface area contributed by atoms with Crippen molar-refractivity contribution in [3.8, 4) is 12.1 Å². The molecule has 13 heteroatoms. The van der Waals surface area contributed by atoms with Crippen LogP contribution in [0.15, 0.2) is 36.7 Å². The van der Waals surface area contributed by atoms with Gasteiger partial charge in [0.2, 0.25) is 0 Å². The van der Waals surface area contributed by atoms with E-state index in [0.29, 0.717) is 0 Å². The van der Waals surface area contributed by atoms with Crippen molar-refractivity contribution in [2.75, 3.05) is 17.3 Å². The molecule has 0 atom stereocenters. The fraction of sp³-hybridized carbons (Fsp3) is 0.167. The first-order valence-electron chi connectivity index (χ1n) is 8.47. The van der Waals surface area contributed by atoms with Gasteiger partial charge in [0.05, 0.1) is 48.0 Å². The number of halogens is 4. The Bertz CT molecular complexity index is 1130. The molecule has 0 aliphatic rings. The average Bonchev–Trinajstić information content (AvgIpc) is 3.21. The molecule has 0 saturated heterocycles. The summed E-state index contributed by atoms with van der Waals surface area (Å²) < 4.78 is 43.4. The highest BCUT2D eigenvalue weighted by atomic mass is 35.5. The lowest BCUT2D eigenvalue weighted by atomic mass is 10.2. The summed E-state index contributed by atoms with van der Waals surface area (Å²) in [7, 11) is 1.36. The number of urea groups is 1. The van der Waals surface area contributed by atoms with Crippen LogP contribution in [0.1, 0.15) is 17.0 Å². The molecule has 0 spiro atoms. The second-order valence-electron chi connectivity index (χ2n) is 6.03. The molecule has 2 heterocycles. The van der Waals surface area contributed by atoms with E-state index in [0.717, 1.165) is 11.0 Å². The van der Waals surface area contributed by atoms with Crippen LogP contribution in [0.4, 0.5) is 29.3 Å². The van der Waals surface area contributed by atoms with E-state index in [-0.39, 0.29) is 40.2 Å². The first-order valence-corrected chi connectivity index (χ1v) is 8.84. The van der Waals surface area contributed by atoms with Crippen LogP contribution in [0.3, 0.4) is 0 Å². The van der Waals surface area contributed by atoms with E-state index in [1.165, 1.54) is 37.7 Å². The number of carbonyl (C=O) groups is 1. The number of anilines is 2. The van der Waals surface area contributed by atoms with Crippen molar-refractivity contribution in [1.29, 1.82) is 5.26 Å². The highest BCUT2D eigenvalue weighted by Gasteiger charge is 2.34. The van der Waals surface area contributed by atoms with Gasteiger partial charge in [-0.1, -0.05) is 11.6 Å². The summed E-state index contributed by atoms with van der Waals surface area (Å²) >= 11 is 5.98. The molecule has 2 amide bonds. The fourth-order valence-corrected chi connectivity index (χ4v) is 2.69. The SMILES string of the molecule is COc1ncc(N(Cc2cc(C(F)(F)F)n[nH]2)C(=O)Nc2ccc(C#N)c(Cl)c2)cn1. The zero-order valence-electron chi connectivity index (χ0n) is 15.7. The molecule has 0 saturated carbocycles. The first kappa shape index (κ1) is 21.8. The Morgan fingerprint density at radius 3 is 2.58 bits per heavy atom. The number of methoxy groups -OCH3 is 1. The van der Waals surface area contributed by atoms with Crippen molar-refractivity contribution >= 4 is 29.0 Å². The summed E-state index contributed by atoms with van der Waals surface area (Å²) in [6.07, 6.45) is -2.08. The number of amides is 2. The number of aromatic nitrogens is 4. The smallest absolute Gasteiger partial charge is 0.435 e. The zero-order chi connectivity index (χ0) is 22.6. The van der Waals surface area contributed by atoms with Crippen molar-refractivity contribution in [2.45, 2.75) is 12.7 Å². The molecule has 31 heavy (non-hydrogen) atoms. The van der Waals surface area contributed by atoms with E-state index in [2.05, 4.69) is 25.5 Å². The van der Waals surface area contributed by atoms with Crippen molar-refractivity contribution in [2.24, 2.45) is 0 Å². The molecule has 0 bridgehead atoms. The van der Waals surface area contributed by atoms with Crippen LogP contribution in [0.25, 0.3) is 0 Å². The standard InChI is InChI=1S/C18H13ClF3N7O2/c1-31-16-24-7-13(8-25-16)29(9-12-5-15(28-27-12)18(20,21)22)17(30)26-11-3-2-10(6-23)14(19)4-11/h2-5,7-8H,9H2,1H3,(H,26,30)(H,27,28). The van der Waals surface area contributed by atoms with E-state index in [4.69, 9.17) is 21.6 Å². The van der Waals surface area contributed by atoms with E-state index in [9.17, 15) is 18.0 Å². The van der Waals surface area contributed by atoms with E-state index >= 15 is 0 Å². The Labute approximate surface area is 178 Å². The molecule has 0 fully saturated rings. The number of nitrogens with one attached hydrogen (secondary N) is 2. The number of ether oxygens (including phenoxy) is 1. The number of benzene rings is 1. The molecule has 2 aromatic heterocycles. The Hall–Kier alpha value is -3.85. The number of nitrogens with zero attached hydrogens (tertiary/aromatic N) is 5. The fourth-order valence-electron chi connectivity index (χ4n) is 2.47. The van der Waals surface area contributed by atoms with Gasteiger partial charge in [-0.25, -0.2) is 14.8 Å². The van der Waals surface area contributed by atoms with Crippen LogP contribution in [0.2, 0.25) is 5.02 Å². The minimum absolute atomic E-state index is 0.0242. The van der Waals surface area contributed by atoms with Gasteiger partial charge in [-0.05, 0) is 24.3 Å². The highest BCUT2D eigenvalue weighted by molar-refractivity contribution is 6.32. The topological polar surface area (TPSA) is 120 Å². The van der Waals surface area contributed by atoms with Crippen molar-refractivity contribution in [3.63, 3.8) is 0 Å². The molecular formula is C18H13ClF3N7O2. The van der Waals surface area contributed by atoms with Gasteiger partial charge in [0.15, 0.2) is 5.69 Å². The molecule has 2 N–H and O–H groups in total. The number of hydrogen-bond acceptors (Lipinski definition) is 6. The summed E-state index contributed by atoms with van der Waals surface area (Å²) in [5.74, 6) is 0. The average molecular weight is 452 g/mol. The van der Waals surface area contributed by atoms with Gasteiger partial charge in [0.25, 0.3) is 0 Å². The molecular weight excluding hydrogens is 439 g/mol. The molecule has 0 aliphatic heterocycles. The predicted octanol–water partition coefficient (Wildman–Crippen LogP) is 3.99. The predicted molar refractivity (Wildman–Crippen MR) is 104 cm³/mol. The molecule has 0 aliphatic carbocycles. The Kier molecular flexibility index (Phi) is 6.26. The van der Waals surface area contributed by atoms with Crippen LogP contribution >= 0.6 is 11.6 Å². The lowest BCUT2D eigenvalue weighted by molar-refractivity contribution is -0.141. The second kappa shape index (κ2) is 8.88. The van der Waals surface area contributed by atoms with Crippen LogP contribution in [-0.4, -0.2) is 33.3 Å². The normalized spacial score (nSPS) is 11.0. The summed E-state index contributed by atoms with van der Waals surface area (Å²) in [6, 6.07) is 6.28. The number of rotatable bonds is 5. The number of hydrogen-bond donors (Lipinski definition) is 2. The van der Waals surface area contributed by atoms with Gasteiger partial charge < -0.3 is 10.1 Å². The number of alkyl halides is 3. The Morgan fingerprint density at radius 2 is 2.03 bits per heavy atom. The minimum Gasteiger partial charge on any atom is -0.467 e. The maximum atomic E-state index is 12.9. The Morgan fingerprint density at radius 1 is 1.32 bits per heavy atom. The van der Waals surface area contributed by atoms with E-state index < -0.39 is 17.9 Å². The van der Waals surface area contributed by atoms with Gasteiger partial charge in [-0.2, -0.15) is 23.5 Å². The summed E-state index contributed by atoms with van der Waals surface area (Å²) in [4.78, 5) is 21.8. The third-order valence-electron chi connectivity index (χ3n) is 3.94. The van der Waals surface area contributed by atoms with Gasteiger partial charge in [0, 0.05) is 5.69 Å². The largest absolute Gasteiger partial charge is 0.467 e. The lowest BCUT2D eigenvalue weighted by Gasteiger charge is -2.22. The quantitative estimate of drug-likeness (QED) is 0.605. The summed E-state index contributed by atoms with van der Waals surface area (Å²) in [6.45, 7) is -0.297. The number of carbonyl (C=O) groups excluding carboxylic acids is 1. The van der Waals surface area contributed by atoms with Crippen LogP contribution < -0.4 is 15.0 Å². The van der Waals surface area contributed by atoms with Gasteiger partial charge in [-0.3, -0.25) is 10.00 Å². The molecule has 0 unspecified atom stereocenters. The second-order valence-corrected chi connectivity index (χ2v) is 6.43. The molecule has 160 valence electrons. The van der Waals surface area contributed by atoms with Crippen LogP contribution in [-0.2, 0) is 12.7 Å². The van der Waals surface area contributed by atoms with E-state index in [1.54, 1.807) is 0 Å². The zero-order valence-corrected chi connectivity index (χ0v) is 16.5. The third kappa shape index (κ3) is 5.20. The number of H-pyrrole nitrogens is 1. The maximum Gasteiger partial charge on any atom is 0.435 e. The van der Waals surface area contributed by atoms with E-state index in [1.807, 2.05) is 6.07 Å². The van der Waals surface area contributed by atoms with Crippen molar-refractivity contribution in [3.05, 3.63) is 58.6 Å². The van der Waals surface area contributed by atoms with Gasteiger partial charge in [0.1, 0.15) is 6.07 Å². The minimum atomic E-state index is -4.63. The number of aromatic amines is 1. The first-order chi connectivity index (χ1) is 14.7. The van der Waals surface area contributed by atoms with Gasteiger partial charge >= 0.3 is 18.2 Å². The molecule has 3 rings (SSSR count). The van der Waals surface area contributed by atoms with Crippen LogP contribution in [0, 0.1) is 11.3 Å². The summed E-state index contributed by atoms with van der Waals surface area (Å²) in [5, 5.41) is 17.1.